The smallest absolute Gasteiger partial charge is 0.360 e. The van der Waals surface area contributed by atoms with E-state index in [1.54, 1.807) is 0 Å². The maximum Gasteiger partial charge on any atom is 0.360 e. The molecule has 2 N–H and O–H groups in total. The molecule has 0 atom stereocenters. The van der Waals surface area contributed by atoms with Crippen molar-refractivity contribution < 1.29 is 14.1 Å². The Bertz CT molecular complexity index is 591. The second kappa shape index (κ2) is 6.24. The van der Waals surface area contributed by atoms with E-state index in [0.29, 0.717) is 36.8 Å². The van der Waals surface area contributed by atoms with Gasteiger partial charge in [-0.2, -0.15) is 4.98 Å². The van der Waals surface area contributed by atoms with Gasteiger partial charge in [0.25, 0.3) is 0 Å². The van der Waals surface area contributed by atoms with Gasteiger partial charge in [0.1, 0.15) is 6.54 Å². The maximum atomic E-state index is 11.6. The lowest BCUT2D eigenvalue weighted by molar-refractivity contribution is 0.0592. The SMILES string of the molecule is CCc1nc(Cn2nnc(C(=O)OC)c2CCN)no1. The van der Waals surface area contributed by atoms with Crippen molar-refractivity contribution in [2.45, 2.75) is 26.3 Å². The molecule has 20 heavy (non-hydrogen) atoms. The van der Waals surface area contributed by atoms with Gasteiger partial charge in [0.05, 0.1) is 12.8 Å². The highest BCUT2D eigenvalue weighted by Gasteiger charge is 2.20. The number of aromatic nitrogens is 5. The molecule has 0 fully saturated rings. The quantitative estimate of drug-likeness (QED) is 0.706. The zero-order valence-electron chi connectivity index (χ0n) is 11.4. The molecule has 9 nitrogen and oxygen atoms in total. The van der Waals surface area contributed by atoms with Crippen LogP contribution in [0.25, 0.3) is 0 Å². The average molecular weight is 280 g/mol. The van der Waals surface area contributed by atoms with Crippen molar-refractivity contribution in [2.24, 2.45) is 5.73 Å². The highest BCUT2D eigenvalue weighted by Crippen LogP contribution is 2.10. The van der Waals surface area contributed by atoms with Gasteiger partial charge in [0.2, 0.25) is 5.89 Å². The highest BCUT2D eigenvalue weighted by atomic mass is 16.5. The van der Waals surface area contributed by atoms with Crippen molar-refractivity contribution in [3.05, 3.63) is 23.1 Å². The first kappa shape index (κ1) is 14.1. The van der Waals surface area contributed by atoms with E-state index in [1.807, 2.05) is 6.92 Å². The minimum atomic E-state index is -0.540. The summed E-state index contributed by atoms with van der Waals surface area (Å²) in [5.74, 6) is 0.483. The number of methoxy groups -OCH3 is 1. The summed E-state index contributed by atoms with van der Waals surface area (Å²) in [6.07, 6.45) is 1.11. The maximum absolute atomic E-state index is 11.6. The summed E-state index contributed by atoms with van der Waals surface area (Å²) in [4.78, 5) is 15.8. The zero-order chi connectivity index (χ0) is 14.5. The fraction of sp³-hybridized carbons (Fsp3) is 0.545. The molecule has 0 spiro atoms. The molecule has 2 heterocycles. The molecular weight excluding hydrogens is 264 g/mol. The number of esters is 1. The van der Waals surface area contributed by atoms with Gasteiger partial charge in [-0.1, -0.05) is 17.3 Å². The summed E-state index contributed by atoms with van der Waals surface area (Å²) in [5.41, 5.74) is 6.31. The normalized spacial score (nSPS) is 10.8. The molecule has 0 aliphatic heterocycles. The van der Waals surface area contributed by atoms with Crippen LogP contribution >= 0.6 is 0 Å². The Labute approximate surface area is 115 Å². The van der Waals surface area contributed by atoms with Crippen molar-refractivity contribution in [2.75, 3.05) is 13.7 Å². The summed E-state index contributed by atoms with van der Waals surface area (Å²) in [7, 11) is 1.29. The van der Waals surface area contributed by atoms with Gasteiger partial charge in [-0.05, 0) is 6.54 Å². The molecule has 0 saturated heterocycles. The van der Waals surface area contributed by atoms with Gasteiger partial charge < -0.3 is 15.0 Å². The largest absolute Gasteiger partial charge is 0.464 e. The van der Waals surface area contributed by atoms with Crippen molar-refractivity contribution >= 4 is 5.97 Å². The molecule has 0 aliphatic rings. The number of carbonyl (C=O) groups excluding carboxylic acids is 1. The Hall–Kier alpha value is -2.29. The lowest BCUT2D eigenvalue weighted by Crippen LogP contribution is -2.15. The van der Waals surface area contributed by atoms with Crippen LogP contribution in [0.5, 0.6) is 0 Å². The van der Waals surface area contributed by atoms with Crippen LogP contribution in [-0.4, -0.2) is 44.8 Å². The number of hydrogen-bond donors (Lipinski definition) is 1. The second-order valence-electron chi connectivity index (χ2n) is 4.03. The molecule has 108 valence electrons. The van der Waals surface area contributed by atoms with Crippen molar-refractivity contribution in [3.8, 4) is 0 Å². The number of nitrogens with zero attached hydrogens (tertiary/aromatic N) is 5. The van der Waals surface area contributed by atoms with Gasteiger partial charge in [-0.25, -0.2) is 9.48 Å². The van der Waals surface area contributed by atoms with Gasteiger partial charge in [-0.15, -0.1) is 5.10 Å². The van der Waals surface area contributed by atoms with Crippen LogP contribution in [0.1, 0.15) is 34.8 Å². The van der Waals surface area contributed by atoms with E-state index in [-0.39, 0.29) is 12.2 Å². The third kappa shape index (κ3) is 2.82. The van der Waals surface area contributed by atoms with Crippen LogP contribution in [0.2, 0.25) is 0 Å². The van der Waals surface area contributed by atoms with E-state index >= 15 is 0 Å². The summed E-state index contributed by atoms with van der Waals surface area (Å²) in [5, 5.41) is 11.6. The third-order valence-corrected chi connectivity index (χ3v) is 2.70. The number of nitrogens with two attached hydrogens (primary N) is 1. The van der Waals surface area contributed by atoms with Crippen LogP contribution in [0.4, 0.5) is 0 Å². The molecule has 0 saturated carbocycles. The van der Waals surface area contributed by atoms with E-state index in [4.69, 9.17) is 10.3 Å². The summed E-state index contributed by atoms with van der Waals surface area (Å²) >= 11 is 0. The predicted molar refractivity (Wildman–Crippen MR) is 66.9 cm³/mol. The molecule has 2 aromatic rings. The number of carbonyl (C=O) groups is 1. The highest BCUT2D eigenvalue weighted by molar-refractivity contribution is 5.88. The fourth-order valence-corrected chi connectivity index (χ4v) is 1.73. The Kier molecular flexibility index (Phi) is 4.41. The van der Waals surface area contributed by atoms with Crippen LogP contribution in [-0.2, 0) is 24.1 Å². The zero-order valence-corrected chi connectivity index (χ0v) is 11.4. The third-order valence-electron chi connectivity index (χ3n) is 2.70. The molecule has 0 amide bonds. The van der Waals surface area contributed by atoms with Crippen molar-refractivity contribution in [3.63, 3.8) is 0 Å². The molecule has 0 aromatic carbocycles. The minimum absolute atomic E-state index is 0.164. The molecule has 0 bridgehead atoms. The number of hydrogen-bond acceptors (Lipinski definition) is 8. The Morgan fingerprint density at radius 3 is 2.90 bits per heavy atom. The van der Waals surface area contributed by atoms with Crippen LogP contribution < -0.4 is 5.73 Å². The molecule has 0 unspecified atom stereocenters. The fourth-order valence-electron chi connectivity index (χ4n) is 1.73. The first-order valence-corrected chi connectivity index (χ1v) is 6.21. The lowest BCUT2D eigenvalue weighted by Gasteiger charge is -2.03. The van der Waals surface area contributed by atoms with Gasteiger partial charge >= 0.3 is 5.97 Å². The van der Waals surface area contributed by atoms with Crippen LogP contribution in [0.3, 0.4) is 0 Å². The average Bonchev–Trinajstić information content (AvgIpc) is 3.07. The first-order chi connectivity index (χ1) is 9.69. The predicted octanol–water partition coefficient (Wildman–Crippen LogP) is -0.440. The number of rotatable bonds is 6. The summed E-state index contributed by atoms with van der Waals surface area (Å²) < 4.78 is 11.2. The first-order valence-electron chi connectivity index (χ1n) is 6.21. The summed E-state index contributed by atoms with van der Waals surface area (Å²) in [6.45, 7) is 2.55. The number of aryl methyl sites for hydroxylation is 1. The van der Waals surface area contributed by atoms with E-state index in [1.165, 1.54) is 11.8 Å². The second-order valence-corrected chi connectivity index (χ2v) is 4.03. The molecule has 0 aliphatic carbocycles. The van der Waals surface area contributed by atoms with E-state index < -0.39 is 5.97 Å². The van der Waals surface area contributed by atoms with E-state index in [0.717, 1.165) is 0 Å². The standard InChI is InChI=1S/C11H16N6O3/c1-3-9-13-8(15-20-9)6-17-7(4-5-12)10(14-16-17)11(18)19-2/h3-6,12H2,1-2H3. The molecule has 9 heteroatoms. The Balaban J connectivity index is 2.26. The number of ether oxygens (including phenoxy) is 1. The van der Waals surface area contributed by atoms with Gasteiger partial charge in [0, 0.05) is 12.8 Å². The van der Waals surface area contributed by atoms with Crippen molar-refractivity contribution in [1.82, 2.24) is 25.1 Å². The Morgan fingerprint density at radius 1 is 1.50 bits per heavy atom. The summed E-state index contributed by atoms with van der Waals surface area (Å²) in [6, 6.07) is 0. The van der Waals surface area contributed by atoms with Crippen LogP contribution in [0, 0.1) is 0 Å². The van der Waals surface area contributed by atoms with Crippen molar-refractivity contribution in [1.29, 1.82) is 0 Å². The van der Waals surface area contributed by atoms with E-state index in [2.05, 4.69) is 25.2 Å². The minimum Gasteiger partial charge on any atom is -0.464 e. The molecule has 0 radical (unpaired) electrons. The van der Waals surface area contributed by atoms with E-state index in [9.17, 15) is 4.79 Å². The molecule has 2 aromatic heterocycles. The molecule has 2 rings (SSSR count). The van der Waals surface area contributed by atoms with Crippen LogP contribution in [0.15, 0.2) is 4.52 Å². The topological polar surface area (TPSA) is 122 Å². The monoisotopic (exact) mass is 280 g/mol. The Morgan fingerprint density at radius 2 is 2.30 bits per heavy atom. The van der Waals surface area contributed by atoms with Gasteiger partial charge in [-0.3, -0.25) is 0 Å². The van der Waals surface area contributed by atoms with Gasteiger partial charge in [0.15, 0.2) is 11.5 Å². The molecular formula is C11H16N6O3. The lowest BCUT2D eigenvalue weighted by atomic mass is 10.2.